The maximum atomic E-state index is 5.83. The highest BCUT2D eigenvalue weighted by Crippen LogP contribution is 2.16. The molecule has 31 heavy (non-hydrogen) atoms. The number of guanidine groups is 1. The molecule has 7 heteroatoms. The highest BCUT2D eigenvalue weighted by atomic mass is 16.5. The van der Waals surface area contributed by atoms with Crippen LogP contribution in [0.3, 0.4) is 0 Å². The Morgan fingerprint density at radius 3 is 2.45 bits per heavy atom. The molecule has 2 aliphatic heterocycles. The standard InChI is InChI=1S/C24H41N5O2/c1-25-24(27-12-6-18-31-21-22-9-19-30-20-10-22)26-11-5-13-28-14-16-29(17-15-28)23-7-3-2-4-8-23/h2-4,7-8,22H,5-6,9-21H2,1H3,(H2,25,26,27). The molecule has 0 saturated carbocycles. The molecule has 0 aromatic heterocycles. The van der Waals surface area contributed by atoms with Crippen molar-refractivity contribution in [3.05, 3.63) is 30.3 Å². The quantitative estimate of drug-likeness (QED) is 0.318. The van der Waals surface area contributed by atoms with Crippen molar-refractivity contribution in [3.63, 3.8) is 0 Å². The lowest BCUT2D eigenvalue weighted by Crippen LogP contribution is -2.47. The van der Waals surface area contributed by atoms with Crippen LogP contribution in [0.25, 0.3) is 0 Å². The molecule has 0 bridgehead atoms. The summed E-state index contributed by atoms with van der Waals surface area (Å²) in [5.74, 6) is 1.57. The molecule has 2 fully saturated rings. The second-order valence-electron chi connectivity index (χ2n) is 8.43. The van der Waals surface area contributed by atoms with Gasteiger partial charge in [-0.25, -0.2) is 0 Å². The number of anilines is 1. The lowest BCUT2D eigenvalue weighted by atomic mass is 10.0. The Balaban J connectivity index is 1.17. The van der Waals surface area contributed by atoms with Crippen molar-refractivity contribution in [1.29, 1.82) is 0 Å². The van der Waals surface area contributed by atoms with E-state index in [1.807, 2.05) is 7.05 Å². The molecule has 7 nitrogen and oxygen atoms in total. The lowest BCUT2D eigenvalue weighted by molar-refractivity contribution is 0.0203. The molecule has 0 atom stereocenters. The van der Waals surface area contributed by atoms with Crippen molar-refractivity contribution < 1.29 is 9.47 Å². The van der Waals surface area contributed by atoms with Crippen LogP contribution in [0.4, 0.5) is 5.69 Å². The minimum atomic E-state index is 0.678. The summed E-state index contributed by atoms with van der Waals surface area (Å²) in [6.07, 6.45) is 4.39. The fourth-order valence-corrected chi connectivity index (χ4v) is 4.14. The van der Waals surface area contributed by atoms with Crippen LogP contribution in [0, 0.1) is 5.92 Å². The third-order valence-corrected chi connectivity index (χ3v) is 6.11. The predicted octanol–water partition coefficient (Wildman–Crippen LogP) is 2.20. The van der Waals surface area contributed by atoms with E-state index in [-0.39, 0.29) is 0 Å². The summed E-state index contributed by atoms with van der Waals surface area (Å²) in [5.41, 5.74) is 1.34. The molecule has 0 unspecified atom stereocenters. The summed E-state index contributed by atoms with van der Waals surface area (Å²) in [4.78, 5) is 9.37. The SMILES string of the molecule is CN=C(NCCCOCC1CCOCC1)NCCCN1CCN(c2ccccc2)CC1. The van der Waals surface area contributed by atoms with Gasteiger partial charge in [0.2, 0.25) is 0 Å². The van der Waals surface area contributed by atoms with Gasteiger partial charge >= 0.3 is 0 Å². The number of hydrogen-bond donors (Lipinski definition) is 2. The average Bonchev–Trinajstić information content (AvgIpc) is 2.84. The summed E-state index contributed by atoms with van der Waals surface area (Å²) in [6, 6.07) is 10.7. The zero-order valence-corrected chi connectivity index (χ0v) is 19.2. The number of nitrogens with one attached hydrogen (secondary N) is 2. The fraction of sp³-hybridized carbons (Fsp3) is 0.708. The first-order valence-corrected chi connectivity index (χ1v) is 12.0. The third-order valence-electron chi connectivity index (χ3n) is 6.11. The number of nitrogens with zero attached hydrogens (tertiary/aromatic N) is 3. The molecule has 0 radical (unpaired) electrons. The Hall–Kier alpha value is -1.83. The largest absolute Gasteiger partial charge is 0.381 e. The molecular formula is C24H41N5O2. The van der Waals surface area contributed by atoms with E-state index in [1.54, 1.807) is 0 Å². The summed E-state index contributed by atoms with van der Waals surface area (Å²) in [7, 11) is 1.83. The van der Waals surface area contributed by atoms with Crippen molar-refractivity contribution in [2.45, 2.75) is 25.7 Å². The van der Waals surface area contributed by atoms with Gasteiger partial charge in [0.15, 0.2) is 5.96 Å². The van der Waals surface area contributed by atoms with Gasteiger partial charge in [0.25, 0.3) is 0 Å². The predicted molar refractivity (Wildman–Crippen MR) is 128 cm³/mol. The first-order chi connectivity index (χ1) is 15.3. The van der Waals surface area contributed by atoms with E-state index >= 15 is 0 Å². The van der Waals surface area contributed by atoms with Gasteiger partial charge in [-0.1, -0.05) is 18.2 Å². The molecular weight excluding hydrogens is 390 g/mol. The summed E-state index contributed by atoms with van der Waals surface area (Å²) in [5, 5.41) is 6.82. The monoisotopic (exact) mass is 431 g/mol. The highest BCUT2D eigenvalue weighted by molar-refractivity contribution is 5.79. The molecule has 2 saturated heterocycles. The third kappa shape index (κ3) is 9.05. The van der Waals surface area contributed by atoms with Crippen LogP contribution < -0.4 is 15.5 Å². The molecule has 1 aromatic rings. The minimum Gasteiger partial charge on any atom is -0.381 e. The molecule has 2 N–H and O–H groups in total. The number of ether oxygens (including phenoxy) is 2. The van der Waals surface area contributed by atoms with E-state index in [0.717, 1.165) is 104 Å². The van der Waals surface area contributed by atoms with Crippen LogP contribution in [0.5, 0.6) is 0 Å². The number of aliphatic imine (C=N–C) groups is 1. The van der Waals surface area contributed by atoms with Gasteiger partial charge in [0.1, 0.15) is 0 Å². The molecule has 3 rings (SSSR count). The van der Waals surface area contributed by atoms with E-state index in [2.05, 4.69) is 55.8 Å². The Bertz CT molecular complexity index is 614. The minimum absolute atomic E-state index is 0.678. The summed E-state index contributed by atoms with van der Waals surface area (Å²) in [6.45, 7) is 10.9. The van der Waals surface area contributed by atoms with Crippen LogP contribution in [-0.2, 0) is 9.47 Å². The molecule has 2 aliphatic rings. The van der Waals surface area contributed by atoms with Gasteiger partial charge in [-0.05, 0) is 50.3 Å². The number of rotatable bonds is 11. The van der Waals surface area contributed by atoms with Gasteiger partial charge in [0, 0.05) is 78.4 Å². The molecule has 2 heterocycles. The van der Waals surface area contributed by atoms with Crippen LogP contribution in [0.2, 0.25) is 0 Å². The van der Waals surface area contributed by atoms with Crippen molar-refractivity contribution >= 4 is 11.6 Å². The van der Waals surface area contributed by atoms with E-state index in [1.165, 1.54) is 5.69 Å². The topological polar surface area (TPSA) is 61.4 Å². The molecule has 1 aromatic carbocycles. The van der Waals surface area contributed by atoms with Gasteiger partial charge < -0.3 is 25.0 Å². The second-order valence-corrected chi connectivity index (χ2v) is 8.43. The molecule has 0 spiro atoms. The highest BCUT2D eigenvalue weighted by Gasteiger charge is 2.16. The smallest absolute Gasteiger partial charge is 0.190 e. The summed E-state index contributed by atoms with van der Waals surface area (Å²) < 4.78 is 11.2. The van der Waals surface area contributed by atoms with E-state index in [9.17, 15) is 0 Å². The van der Waals surface area contributed by atoms with E-state index < -0.39 is 0 Å². The number of para-hydroxylation sites is 1. The van der Waals surface area contributed by atoms with Gasteiger partial charge in [-0.2, -0.15) is 0 Å². The van der Waals surface area contributed by atoms with Crippen molar-refractivity contribution in [3.8, 4) is 0 Å². The van der Waals surface area contributed by atoms with Gasteiger partial charge in [-0.15, -0.1) is 0 Å². The zero-order chi connectivity index (χ0) is 21.6. The fourth-order valence-electron chi connectivity index (χ4n) is 4.14. The van der Waals surface area contributed by atoms with Crippen LogP contribution in [0.1, 0.15) is 25.7 Å². The van der Waals surface area contributed by atoms with Crippen LogP contribution in [-0.4, -0.2) is 90.1 Å². The average molecular weight is 432 g/mol. The maximum absolute atomic E-state index is 5.83. The molecule has 0 aliphatic carbocycles. The van der Waals surface area contributed by atoms with E-state index in [0.29, 0.717) is 5.92 Å². The zero-order valence-electron chi connectivity index (χ0n) is 19.2. The van der Waals surface area contributed by atoms with Gasteiger partial charge in [-0.3, -0.25) is 9.89 Å². The Morgan fingerprint density at radius 2 is 1.74 bits per heavy atom. The van der Waals surface area contributed by atoms with Crippen molar-refractivity contribution in [2.75, 3.05) is 84.2 Å². The Labute approximate surface area is 188 Å². The van der Waals surface area contributed by atoms with Gasteiger partial charge in [0.05, 0.1) is 0 Å². The summed E-state index contributed by atoms with van der Waals surface area (Å²) >= 11 is 0. The van der Waals surface area contributed by atoms with Crippen LogP contribution >= 0.6 is 0 Å². The van der Waals surface area contributed by atoms with Crippen molar-refractivity contribution in [1.82, 2.24) is 15.5 Å². The molecule has 0 amide bonds. The Morgan fingerprint density at radius 1 is 1.03 bits per heavy atom. The first-order valence-electron chi connectivity index (χ1n) is 12.0. The van der Waals surface area contributed by atoms with E-state index in [4.69, 9.17) is 9.47 Å². The van der Waals surface area contributed by atoms with Crippen LogP contribution in [0.15, 0.2) is 35.3 Å². The number of hydrogen-bond acceptors (Lipinski definition) is 5. The number of benzene rings is 1. The first kappa shape index (κ1) is 23.8. The number of piperazine rings is 1. The Kier molecular flexibility index (Phi) is 11.0. The lowest BCUT2D eigenvalue weighted by Gasteiger charge is -2.36. The second kappa shape index (κ2) is 14.3. The van der Waals surface area contributed by atoms with Crippen molar-refractivity contribution in [2.24, 2.45) is 10.9 Å². The normalized spacial score (nSPS) is 18.9. The maximum Gasteiger partial charge on any atom is 0.190 e. The molecule has 174 valence electrons.